The number of ketones is 1. The predicted molar refractivity (Wildman–Crippen MR) is 54.0 cm³/mol. The lowest BCUT2D eigenvalue weighted by Crippen LogP contribution is -2.54. The lowest BCUT2D eigenvalue weighted by atomic mass is 10.1. The van der Waals surface area contributed by atoms with Crippen LogP contribution in [0.4, 0.5) is 0 Å². The Balaban J connectivity index is 2.53. The molecule has 0 aromatic rings. The number of hydrogen-bond acceptors (Lipinski definition) is 4. The van der Waals surface area contributed by atoms with Crippen molar-refractivity contribution in [3.8, 4) is 0 Å². The van der Waals surface area contributed by atoms with E-state index in [1.807, 2.05) is 6.92 Å². The zero-order valence-corrected chi connectivity index (χ0v) is 9.15. The number of nitrogens with two attached hydrogens (primary N) is 1. The van der Waals surface area contributed by atoms with E-state index < -0.39 is 0 Å². The molecule has 1 aliphatic rings. The van der Waals surface area contributed by atoms with Crippen LogP contribution >= 0.6 is 22.6 Å². The monoisotopic (exact) mass is 284 g/mol. The van der Waals surface area contributed by atoms with E-state index in [4.69, 9.17) is 10.6 Å². The first-order valence-corrected chi connectivity index (χ1v) is 5.14. The zero-order chi connectivity index (χ0) is 9.14. The second-order valence-electron chi connectivity index (χ2n) is 2.85. The van der Waals surface area contributed by atoms with Gasteiger partial charge in [-0.25, -0.2) is 5.01 Å². The van der Waals surface area contributed by atoms with Crippen LogP contribution in [0.2, 0.25) is 0 Å². The molecule has 0 saturated carbocycles. The Kier molecular flexibility index (Phi) is 3.88. The first-order chi connectivity index (χ1) is 5.63. The summed E-state index contributed by atoms with van der Waals surface area (Å²) in [6, 6.07) is -0.245. The number of halogens is 1. The molecule has 1 heterocycles. The first kappa shape index (κ1) is 10.4. The zero-order valence-electron chi connectivity index (χ0n) is 7.00. The van der Waals surface area contributed by atoms with Crippen molar-refractivity contribution in [1.82, 2.24) is 5.01 Å². The molecule has 0 aromatic carbocycles. The van der Waals surface area contributed by atoms with Gasteiger partial charge >= 0.3 is 0 Å². The SMILES string of the molecule is CC(I)C(=O)C1COCCN1N. The highest BCUT2D eigenvalue weighted by Crippen LogP contribution is 2.10. The van der Waals surface area contributed by atoms with Crippen LogP contribution in [0.3, 0.4) is 0 Å². The fraction of sp³-hybridized carbons (Fsp3) is 0.857. The minimum absolute atomic E-state index is 0.000324. The second kappa shape index (κ2) is 4.50. The number of rotatable bonds is 2. The van der Waals surface area contributed by atoms with Crippen LogP contribution in [0.25, 0.3) is 0 Å². The predicted octanol–water partition coefficient (Wildman–Crippen LogP) is -0.0465. The molecule has 1 fully saturated rings. The third kappa shape index (κ3) is 2.38. The van der Waals surface area contributed by atoms with Crippen LogP contribution in [0.15, 0.2) is 0 Å². The molecule has 0 radical (unpaired) electrons. The standard InChI is InChI=1S/C7H13IN2O2/c1-5(8)7(11)6-4-12-3-2-10(6)9/h5-6H,2-4,9H2,1H3. The van der Waals surface area contributed by atoms with E-state index in [0.717, 1.165) is 0 Å². The maximum atomic E-state index is 11.5. The Morgan fingerprint density at radius 3 is 3.00 bits per heavy atom. The molecule has 0 aliphatic carbocycles. The van der Waals surface area contributed by atoms with E-state index in [-0.39, 0.29) is 15.7 Å². The molecule has 1 aliphatic heterocycles. The van der Waals surface area contributed by atoms with Crippen LogP contribution in [0, 0.1) is 0 Å². The summed E-state index contributed by atoms with van der Waals surface area (Å²) in [5.74, 6) is 5.80. The molecule has 2 unspecified atom stereocenters. The van der Waals surface area contributed by atoms with E-state index in [1.165, 1.54) is 0 Å². The minimum Gasteiger partial charge on any atom is -0.378 e. The van der Waals surface area contributed by atoms with Crippen LogP contribution in [-0.2, 0) is 9.53 Å². The molecule has 0 amide bonds. The Bertz CT molecular complexity index is 175. The fourth-order valence-corrected chi connectivity index (χ4v) is 1.54. The smallest absolute Gasteiger partial charge is 0.166 e. The summed E-state index contributed by atoms with van der Waals surface area (Å²) in [6.07, 6.45) is 0. The molecule has 70 valence electrons. The van der Waals surface area contributed by atoms with Gasteiger partial charge in [0.25, 0.3) is 0 Å². The van der Waals surface area contributed by atoms with Gasteiger partial charge in [0.05, 0.1) is 17.1 Å². The average molecular weight is 284 g/mol. The molecule has 0 spiro atoms. The van der Waals surface area contributed by atoms with E-state index in [1.54, 1.807) is 5.01 Å². The Labute approximate surface area is 85.5 Å². The maximum Gasteiger partial charge on any atom is 0.166 e. The van der Waals surface area contributed by atoms with Gasteiger partial charge in [-0.1, -0.05) is 22.6 Å². The van der Waals surface area contributed by atoms with Gasteiger partial charge in [-0.2, -0.15) is 0 Å². The number of ether oxygens (including phenoxy) is 1. The minimum atomic E-state index is -0.245. The lowest BCUT2D eigenvalue weighted by Gasteiger charge is -2.31. The summed E-state index contributed by atoms with van der Waals surface area (Å²) < 4.78 is 5.18. The van der Waals surface area contributed by atoms with Gasteiger partial charge in [0.15, 0.2) is 5.78 Å². The molecular formula is C7H13IN2O2. The van der Waals surface area contributed by atoms with E-state index >= 15 is 0 Å². The van der Waals surface area contributed by atoms with Crippen molar-refractivity contribution in [2.75, 3.05) is 19.8 Å². The summed E-state index contributed by atoms with van der Waals surface area (Å²) >= 11 is 2.09. The van der Waals surface area contributed by atoms with Crippen LogP contribution in [-0.4, -0.2) is 40.5 Å². The van der Waals surface area contributed by atoms with Gasteiger partial charge in [-0.05, 0) is 6.92 Å². The number of Topliss-reactive ketones (excluding diaryl/α,β-unsaturated/α-hetero) is 1. The van der Waals surface area contributed by atoms with Gasteiger partial charge in [0.1, 0.15) is 6.04 Å². The normalized spacial score (nSPS) is 28.4. The average Bonchev–Trinajstić information content (AvgIpc) is 2.04. The summed E-state index contributed by atoms with van der Waals surface area (Å²) in [7, 11) is 0. The first-order valence-electron chi connectivity index (χ1n) is 3.90. The highest BCUT2D eigenvalue weighted by atomic mass is 127. The van der Waals surface area contributed by atoms with Crippen LogP contribution in [0.1, 0.15) is 6.92 Å². The molecule has 2 N–H and O–H groups in total. The van der Waals surface area contributed by atoms with E-state index in [0.29, 0.717) is 19.8 Å². The molecule has 4 nitrogen and oxygen atoms in total. The number of carbonyl (C=O) groups is 1. The molecule has 1 saturated heterocycles. The maximum absolute atomic E-state index is 11.5. The Hall–Kier alpha value is 0.280. The number of morpholine rings is 1. The highest BCUT2D eigenvalue weighted by Gasteiger charge is 2.29. The third-order valence-electron chi connectivity index (χ3n) is 1.89. The van der Waals surface area contributed by atoms with Gasteiger partial charge in [0, 0.05) is 6.54 Å². The number of carbonyl (C=O) groups excluding carboxylic acids is 1. The van der Waals surface area contributed by atoms with Crippen molar-refractivity contribution in [1.29, 1.82) is 0 Å². The topological polar surface area (TPSA) is 55.6 Å². The number of nitrogens with zero attached hydrogens (tertiary/aromatic N) is 1. The van der Waals surface area contributed by atoms with Gasteiger partial charge in [-0.15, -0.1) is 0 Å². The van der Waals surface area contributed by atoms with Crippen molar-refractivity contribution in [2.45, 2.75) is 16.9 Å². The van der Waals surface area contributed by atoms with Crippen molar-refractivity contribution >= 4 is 28.4 Å². The molecule has 1 rings (SSSR count). The highest BCUT2D eigenvalue weighted by molar-refractivity contribution is 14.1. The summed E-state index contributed by atoms with van der Waals surface area (Å²) in [5, 5.41) is 1.57. The van der Waals surface area contributed by atoms with Crippen molar-refractivity contribution in [3.05, 3.63) is 0 Å². The van der Waals surface area contributed by atoms with Gasteiger partial charge < -0.3 is 4.74 Å². The van der Waals surface area contributed by atoms with Gasteiger partial charge in [0.2, 0.25) is 0 Å². The fourth-order valence-electron chi connectivity index (χ4n) is 1.13. The largest absolute Gasteiger partial charge is 0.378 e. The lowest BCUT2D eigenvalue weighted by molar-refractivity contribution is -0.129. The number of hydrogen-bond donors (Lipinski definition) is 1. The van der Waals surface area contributed by atoms with E-state index in [2.05, 4.69) is 22.6 Å². The summed E-state index contributed by atoms with van der Waals surface area (Å²) in [4.78, 5) is 11.5. The van der Waals surface area contributed by atoms with Crippen molar-refractivity contribution < 1.29 is 9.53 Å². The molecule has 0 bridgehead atoms. The van der Waals surface area contributed by atoms with Gasteiger partial charge in [-0.3, -0.25) is 10.6 Å². The number of alkyl halides is 1. The molecule has 12 heavy (non-hydrogen) atoms. The second-order valence-corrected chi connectivity index (χ2v) is 4.72. The molecule has 5 heteroatoms. The molecular weight excluding hydrogens is 271 g/mol. The van der Waals surface area contributed by atoms with E-state index in [9.17, 15) is 4.79 Å². The van der Waals surface area contributed by atoms with Crippen molar-refractivity contribution in [2.24, 2.45) is 5.84 Å². The summed E-state index contributed by atoms with van der Waals surface area (Å²) in [6.45, 7) is 3.56. The quantitative estimate of drug-likeness (QED) is 0.439. The third-order valence-corrected chi connectivity index (χ3v) is 2.50. The molecule has 0 aromatic heterocycles. The summed E-state index contributed by atoms with van der Waals surface area (Å²) in [5.41, 5.74) is 0. The molecule has 2 atom stereocenters. The number of hydrazine groups is 1. The van der Waals surface area contributed by atoms with Crippen molar-refractivity contribution in [3.63, 3.8) is 0 Å². The van der Waals surface area contributed by atoms with Crippen LogP contribution < -0.4 is 5.84 Å². The van der Waals surface area contributed by atoms with Crippen LogP contribution in [0.5, 0.6) is 0 Å². The Morgan fingerprint density at radius 1 is 1.83 bits per heavy atom. The Morgan fingerprint density at radius 2 is 2.50 bits per heavy atom.